The summed E-state index contributed by atoms with van der Waals surface area (Å²) in [5.74, 6) is 2.48. The van der Waals surface area contributed by atoms with Crippen LogP contribution >= 0.6 is 0 Å². The second-order valence-corrected chi connectivity index (χ2v) is 6.42. The van der Waals surface area contributed by atoms with Gasteiger partial charge in [0, 0.05) is 5.41 Å². The van der Waals surface area contributed by atoms with Crippen LogP contribution in [-0.2, 0) is 0 Å². The largest absolute Gasteiger partial charge is 0.411 e. The van der Waals surface area contributed by atoms with E-state index in [0.29, 0.717) is 5.71 Å². The molecule has 4 saturated carbocycles. The SMILES string of the molecule is C/C(=N\O)C(O)C12CC3CC(CC(C3)C1)C2. The molecule has 0 amide bonds. The monoisotopic (exact) mass is 223 g/mol. The van der Waals surface area contributed by atoms with Gasteiger partial charge in [-0.3, -0.25) is 0 Å². The lowest BCUT2D eigenvalue weighted by Gasteiger charge is -2.58. The smallest absolute Gasteiger partial charge is 0.101 e. The summed E-state index contributed by atoms with van der Waals surface area (Å²) in [4.78, 5) is 0. The van der Waals surface area contributed by atoms with Crippen LogP contribution in [0.25, 0.3) is 0 Å². The number of aliphatic hydroxyl groups is 1. The van der Waals surface area contributed by atoms with E-state index in [2.05, 4.69) is 5.16 Å². The molecule has 4 bridgehead atoms. The van der Waals surface area contributed by atoms with Crippen molar-refractivity contribution in [2.75, 3.05) is 0 Å². The number of hydrogen-bond donors (Lipinski definition) is 2. The summed E-state index contributed by atoms with van der Waals surface area (Å²) in [6.45, 7) is 1.74. The van der Waals surface area contributed by atoms with E-state index >= 15 is 0 Å². The predicted octanol–water partition coefficient (Wildman–Crippen LogP) is 2.41. The first-order valence-corrected chi connectivity index (χ1v) is 6.49. The van der Waals surface area contributed by atoms with Crippen molar-refractivity contribution in [3.8, 4) is 0 Å². The van der Waals surface area contributed by atoms with Crippen LogP contribution in [0.2, 0.25) is 0 Å². The van der Waals surface area contributed by atoms with Gasteiger partial charge >= 0.3 is 0 Å². The summed E-state index contributed by atoms with van der Waals surface area (Å²) in [6.07, 6.45) is 7.04. The molecule has 0 aromatic rings. The fourth-order valence-corrected chi connectivity index (χ4v) is 5.01. The van der Waals surface area contributed by atoms with Crippen LogP contribution < -0.4 is 0 Å². The average Bonchev–Trinajstić information content (AvgIpc) is 2.25. The van der Waals surface area contributed by atoms with Gasteiger partial charge in [-0.25, -0.2) is 0 Å². The lowest BCUT2D eigenvalue weighted by atomic mass is 9.48. The maximum Gasteiger partial charge on any atom is 0.101 e. The van der Waals surface area contributed by atoms with E-state index in [-0.39, 0.29) is 5.41 Å². The highest BCUT2D eigenvalue weighted by Crippen LogP contribution is 2.61. The van der Waals surface area contributed by atoms with Crippen LogP contribution in [0, 0.1) is 23.2 Å². The zero-order valence-electron chi connectivity index (χ0n) is 9.89. The van der Waals surface area contributed by atoms with Gasteiger partial charge in [0.15, 0.2) is 0 Å². The van der Waals surface area contributed by atoms with Crippen LogP contribution in [0.15, 0.2) is 5.16 Å². The van der Waals surface area contributed by atoms with E-state index in [4.69, 9.17) is 5.21 Å². The van der Waals surface area contributed by atoms with Crippen LogP contribution in [0.4, 0.5) is 0 Å². The van der Waals surface area contributed by atoms with Crippen molar-refractivity contribution in [2.24, 2.45) is 28.3 Å². The number of hydrogen-bond acceptors (Lipinski definition) is 3. The van der Waals surface area contributed by atoms with Crippen molar-refractivity contribution in [2.45, 2.75) is 51.6 Å². The average molecular weight is 223 g/mol. The van der Waals surface area contributed by atoms with Gasteiger partial charge in [-0.15, -0.1) is 0 Å². The summed E-state index contributed by atoms with van der Waals surface area (Å²) in [5.41, 5.74) is 0.548. The van der Waals surface area contributed by atoms with Crippen molar-refractivity contribution >= 4 is 5.71 Å². The van der Waals surface area contributed by atoms with Crippen molar-refractivity contribution in [1.82, 2.24) is 0 Å². The molecule has 0 spiro atoms. The quantitative estimate of drug-likeness (QED) is 0.429. The van der Waals surface area contributed by atoms with E-state index in [0.717, 1.165) is 37.0 Å². The van der Waals surface area contributed by atoms with Gasteiger partial charge in [0.25, 0.3) is 0 Å². The summed E-state index contributed by atoms with van der Waals surface area (Å²) < 4.78 is 0. The molecule has 2 N–H and O–H groups in total. The molecule has 90 valence electrons. The Balaban J connectivity index is 1.88. The van der Waals surface area contributed by atoms with Gasteiger partial charge in [0.2, 0.25) is 0 Å². The Kier molecular flexibility index (Phi) is 2.29. The van der Waals surface area contributed by atoms with Crippen molar-refractivity contribution in [1.29, 1.82) is 0 Å². The first-order valence-electron chi connectivity index (χ1n) is 6.49. The number of oxime groups is 1. The van der Waals surface area contributed by atoms with E-state index in [9.17, 15) is 5.11 Å². The van der Waals surface area contributed by atoms with Crippen LogP contribution in [0.5, 0.6) is 0 Å². The molecule has 0 aromatic heterocycles. The van der Waals surface area contributed by atoms with E-state index < -0.39 is 6.10 Å². The summed E-state index contributed by atoms with van der Waals surface area (Å²) in [6, 6.07) is 0. The molecule has 3 nitrogen and oxygen atoms in total. The van der Waals surface area contributed by atoms with Crippen molar-refractivity contribution < 1.29 is 10.3 Å². The molecule has 0 aliphatic heterocycles. The van der Waals surface area contributed by atoms with Gasteiger partial charge in [-0.1, -0.05) is 5.16 Å². The maximum absolute atomic E-state index is 10.4. The van der Waals surface area contributed by atoms with Crippen molar-refractivity contribution in [3.05, 3.63) is 0 Å². The standard InChI is InChI=1S/C13H21NO2/c1-8(14-16)12(15)13-5-9-2-10(6-13)4-11(3-9)7-13/h9-12,15-16H,2-7H2,1H3/b14-8+. The Bertz CT molecular complexity index is 289. The number of aliphatic hydroxyl groups excluding tert-OH is 1. The summed E-state index contributed by atoms with van der Waals surface area (Å²) in [7, 11) is 0. The highest BCUT2D eigenvalue weighted by atomic mass is 16.4. The molecular weight excluding hydrogens is 202 g/mol. The van der Waals surface area contributed by atoms with Gasteiger partial charge in [-0.2, -0.15) is 0 Å². The van der Waals surface area contributed by atoms with Crippen LogP contribution in [0.1, 0.15) is 45.4 Å². The Labute approximate surface area is 96.5 Å². The molecule has 0 radical (unpaired) electrons. The normalized spacial score (nSPS) is 48.4. The molecule has 4 aliphatic carbocycles. The molecule has 4 rings (SSSR count). The highest BCUT2D eigenvalue weighted by molar-refractivity contribution is 5.86. The maximum atomic E-state index is 10.4. The lowest BCUT2D eigenvalue weighted by Crippen LogP contribution is -2.53. The van der Waals surface area contributed by atoms with E-state index in [1.54, 1.807) is 6.92 Å². The molecule has 4 fully saturated rings. The zero-order chi connectivity index (χ0) is 11.3. The minimum Gasteiger partial charge on any atom is -0.411 e. The van der Waals surface area contributed by atoms with E-state index in [1.807, 2.05) is 0 Å². The Morgan fingerprint density at radius 3 is 1.94 bits per heavy atom. The lowest BCUT2D eigenvalue weighted by molar-refractivity contribution is -0.0987. The molecule has 16 heavy (non-hydrogen) atoms. The second kappa shape index (κ2) is 3.46. The first kappa shape index (κ1) is 10.6. The van der Waals surface area contributed by atoms with E-state index in [1.165, 1.54) is 19.3 Å². The topological polar surface area (TPSA) is 52.8 Å². The molecule has 1 unspecified atom stereocenters. The predicted molar refractivity (Wildman–Crippen MR) is 61.5 cm³/mol. The molecule has 0 heterocycles. The van der Waals surface area contributed by atoms with Crippen LogP contribution in [0.3, 0.4) is 0 Å². The molecule has 1 atom stereocenters. The number of nitrogens with zero attached hydrogens (tertiary/aromatic N) is 1. The van der Waals surface area contributed by atoms with Gasteiger partial charge in [-0.05, 0) is 63.2 Å². The molecular formula is C13H21NO2. The third-order valence-electron chi connectivity index (χ3n) is 5.22. The molecule has 0 saturated heterocycles. The Morgan fingerprint density at radius 2 is 1.56 bits per heavy atom. The fourth-order valence-electron chi connectivity index (χ4n) is 5.01. The van der Waals surface area contributed by atoms with Gasteiger partial charge in [0.05, 0.1) is 5.71 Å². The molecule has 0 aromatic carbocycles. The van der Waals surface area contributed by atoms with Gasteiger partial charge in [0.1, 0.15) is 6.10 Å². The Morgan fingerprint density at radius 1 is 1.12 bits per heavy atom. The third kappa shape index (κ3) is 1.41. The minimum absolute atomic E-state index is 0.0467. The summed E-state index contributed by atoms with van der Waals surface area (Å²) >= 11 is 0. The molecule has 4 aliphatic rings. The number of rotatable bonds is 2. The van der Waals surface area contributed by atoms with Gasteiger partial charge < -0.3 is 10.3 Å². The first-order chi connectivity index (χ1) is 7.63. The Hall–Kier alpha value is -0.570. The fraction of sp³-hybridized carbons (Fsp3) is 0.923. The van der Waals surface area contributed by atoms with Crippen molar-refractivity contribution in [3.63, 3.8) is 0 Å². The van der Waals surface area contributed by atoms with Crippen LogP contribution in [-0.4, -0.2) is 22.1 Å². The second-order valence-electron chi connectivity index (χ2n) is 6.42. The highest BCUT2D eigenvalue weighted by Gasteiger charge is 2.54. The minimum atomic E-state index is -0.522. The zero-order valence-corrected chi connectivity index (χ0v) is 9.89. The third-order valence-corrected chi connectivity index (χ3v) is 5.22. The molecule has 3 heteroatoms. The summed E-state index contributed by atoms with van der Waals surface area (Å²) in [5, 5.41) is 22.4.